The minimum Gasteiger partial charge on any atom is -0.480 e. The summed E-state index contributed by atoms with van der Waals surface area (Å²) in [7, 11) is 0. The first-order chi connectivity index (χ1) is 10.9. The number of nitrogens with zero attached hydrogens (tertiary/aromatic N) is 2. The molecule has 1 aliphatic rings. The van der Waals surface area contributed by atoms with Gasteiger partial charge in [0.15, 0.2) is 0 Å². The van der Waals surface area contributed by atoms with Gasteiger partial charge in [0.25, 0.3) is 5.91 Å². The zero-order valence-corrected chi connectivity index (χ0v) is 14.2. The predicted molar refractivity (Wildman–Crippen MR) is 89.4 cm³/mol. The summed E-state index contributed by atoms with van der Waals surface area (Å²) in [5, 5.41) is 9.20. The molecule has 2 rings (SSSR count). The van der Waals surface area contributed by atoms with E-state index in [0.717, 1.165) is 25.1 Å². The Labute approximate surface area is 137 Å². The molecule has 1 aromatic rings. The van der Waals surface area contributed by atoms with Crippen LogP contribution < -0.4 is 0 Å². The van der Waals surface area contributed by atoms with Crippen LogP contribution in [0.4, 0.5) is 0 Å². The summed E-state index contributed by atoms with van der Waals surface area (Å²) in [6.07, 6.45) is 1.29. The number of carboxylic acids is 1. The molecule has 0 spiro atoms. The molecule has 1 saturated heterocycles. The fraction of sp³-hybridized carbons (Fsp3) is 0.556. The van der Waals surface area contributed by atoms with Crippen LogP contribution in [0.3, 0.4) is 0 Å². The number of carbonyl (C=O) groups is 2. The van der Waals surface area contributed by atoms with Gasteiger partial charge in [-0.25, -0.2) is 4.79 Å². The van der Waals surface area contributed by atoms with Crippen molar-refractivity contribution in [2.75, 3.05) is 13.1 Å². The van der Waals surface area contributed by atoms with Crippen LogP contribution in [0.2, 0.25) is 0 Å². The molecule has 0 aliphatic carbocycles. The van der Waals surface area contributed by atoms with E-state index in [-0.39, 0.29) is 5.91 Å². The van der Waals surface area contributed by atoms with Crippen molar-refractivity contribution >= 4 is 11.9 Å². The lowest BCUT2D eigenvalue weighted by atomic mass is 10.1. The highest BCUT2D eigenvalue weighted by Crippen LogP contribution is 2.21. The van der Waals surface area contributed by atoms with Crippen molar-refractivity contribution in [3.05, 3.63) is 35.4 Å². The van der Waals surface area contributed by atoms with E-state index in [4.69, 9.17) is 0 Å². The maximum absolute atomic E-state index is 12.5. The van der Waals surface area contributed by atoms with Crippen molar-refractivity contribution < 1.29 is 14.7 Å². The lowest BCUT2D eigenvalue weighted by Gasteiger charge is -2.25. The van der Waals surface area contributed by atoms with Crippen molar-refractivity contribution in [2.45, 2.75) is 52.2 Å². The topological polar surface area (TPSA) is 60.9 Å². The van der Waals surface area contributed by atoms with Crippen LogP contribution in [0.15, 0.2) is 24.3 Å². The zero-order chi connectivity index (χ0) is 17.0. The lowest BCUT2D eigenvalue weighted by molar-refractivity contribution is -0.141. The van der Waals surface area contributed by atoms with Gasteiger partial charge in [-0.3, -0.25) is 9.69 Å². The first-order valence-corrected chi connectivity index (χ1v) is 8.30. The standard InChI is InChI=1S/C18H26N2O3/c1-4-19(13(2)3)12-14-7-9-15(10-8-14)17(21)20-11-5-6-16(20)18(22)23/h7-10,13,16H,4-6,11-12H2,1-3H3,(H,22,23)/t16-/m1/s1. The first-order valence-electron chi connectivity index (χ1n) is 8.30. The van der Waals surface area contributed by atoms with Gasteiger partial charge in [-0.1, -0.05) is 19.1 Å². The van der Waals surface area contributed by atoms with Crippen LogP contribution in [0.25, 0.3) is 0 Å². The second-order valence-corrected chi connectivity index (χ2v) is 6.35. The Morgan fingerprint density at radius 3 is 2.48 bits per heavy atom. The normalized spacial score (nSPS) is 18.0. The third-order valence-electron chi connectivity index (χ3n) is 4.52. The van der Waals surface area contributed by atoms with E-state index in [1.165, 1.54) is 4.90 Å². The Hall–Kier alpha value is -1.88. The third kappa shape index (κ3) is 4.10. The summed E-state index contributed by atoms with van der Waals surface area (Å²) in [6, 6.07) is 7.33. The van der Waals surface area contributed by atoms with Gasteiger partial charge in [-0.05, 0) is 50.9 Å². The van der Waals surface area contributed by atoms with Crippen molar-refractivity contribution in [2.24, 2.45) is 0 Å². The SMILES string of the molecule is CCN(Cc1ccc(C(=O)N2CCC[C@@H]2C(=O)O)cc1)C(C)C. The Morgan fingerprint density at radius 2 is 1.96 bits per heavy atom. The average Bonchev–Trinajstić information content (AvgIpc) is 3.02. The molecule has 1 atom stereocenters. The molecule has 126 valence electrons. The number of hydrogen-bond acceptors (Lipinski definition) is 3. The molecule has 1 fully saturated rings. The van der Waals surface area contributed by atoms with Gasteiger partial charge in [-0.15, -0.1) is 0 Å². The van der Waals surface area contributed by atoms with E-state index in [1.807, 2.05) is 24.3 Å². The van der Waals surface area contributed by atoms with E-state index in [9.17, 15) is 14.7 Å². The summed E-state index contributed by atoms with van der Waals surface area (Å²) in [5.74, 6) is -1.10. The fourth-order valence-corrected chi connectivity index (χ4v) is 3.08. The third-order valence-corrected chi connectivity index (χ3v) is 4.52. The number of hydrogen-bond donors (Lipinski definition) is 1. The minimum absolute atomic E-state index is 0.183. The van der Waals surface area contributed by atoms with Crippen LogP contribution >= 0.6 is 0 Å². The molecule has 0 aromatic heterocycles. The van der Waals surface area contributed by atoms with Crippen LogP contribution in [0, 0.1) is 0 Å². The van der Waals surface area contributed by atoms with Crippen molar-refractivity contribution in [1.29, 1.82) is 0 Å². The highest BCUT2D eigenvalue weighted by atomic mass is 16.4. The first kappa shape index (κ1) is 17.5. The van der Waals surface area contributed by atoms with Gasteiger partial charge < -0.3 is 10.0 Å². The molecule has 1 aromatic carbocycles. The van der Waals surface area contributed by atoms with Gasteiger partial charge >= 0.3 is 5.97 Å². The van der Waals surface area contributed by atoms with E-state index in [2.05, 4.69) is 25.7 Å². The van der Waals surface area contributed by atoms with Crippen LogP contribution in [0.1, 0.15) is 49.5 Å². The zero-order valence-electron chi connectivity index (χ0n) is 14.2. The number of amides is 1. The molecule has 5 nitrogen and oxygen atoms in total. The number of carbonyl (C=O) groups excluding carboxylic acids is 1. The van der Waals surface area contributed by atoms with E-state index in [0.29, 0.717) is 24.6 Å². The van der Waals surface area contributed by atoms with Gasteiger partial charge in [0, 0.05) is 24.7 Å². The van der Waals surface area contributed by atoms with E-state index in [1.54, 1.807) is 0 Å². The molecular formula is C18H26N2O3. The molecule has 23 heavy (non-hydrogen) atoms. The fourth-order valence-electron chi connectivity index (χ4n) is 3.08. The molecule has 0 bridgehead atoms. The molecule has 1 N–H and O–H groups in total. The van der Waals surface area contributed by atoms with E-state index < -0.39 is 12.0 Å². The maximum atomic E-state index is 12.5. The molecule has 0 radical (unpaired) electrons. The quantitative estimate of drug-likeness (QED) is 0.876. The summed E-state index contributed by atoms with van der Waals surface area (Å²) >= 11 is 0. The van der Waals surface area contributed by atoms with Crippen LogP contribution in [-0.2, 0) is 11.3 Å². The Morgan fingerprint density at radius 1 is 1.30 bits per heavy atom. The van der Waals surface area contributed by atoms with Gasteiger partial charge in [0.1, 0.15) is 6.04 Å². The van der Waals surface area contributed by atoms with Gasteiger partial charge in [-0.2, -0.15) is 0 Å². The number of benzene rings is 1. The molecular weight excluding hydrogens is 292 g/mol. The Balaban J connectivity index is 2.07. The van der Waals surface area contributed by atoms with Crippen LogP contribution in [0.5, 0.6) is 0 Å². The second-order valence-electron chi connectivity index (χ2n) is 6.35. The molecule has 0 saturated carbocycles. The number of rotatable bonds is 6. The number of likely N-dealkylation sites (tertiary alicyclic amines) is 1. The van der Waals surface area contributed by atoms with Gasteiger partial charge in [0.2, 0.25) is 0 Å². The van der Waals surface area contributed by atoms with Crippen molar-refractivity contribution in [1.82, 2.24) is 9.80 Å². The summed E-state index contributed by atoms with van der Waals surface area (Å²) < 4.78 is 0. The van der Waals surface area contributed by atoms with Crippen LogP contribution in [-0.4, -0.2) is 52.0 Å². The summed E-state index contributed by atoms with van der Waals surface area (Å²) in [6.45, 7) is 8.82. The number of carboxylic acid groups (broad SMARTS) is 1. The van der Waals surface area contributed by atoms with E-state index >= 15 is 0 Å². The smallest absolute Gasteiger partial charge is 0.326 e. The highest BCUT2D eigenvalue weighted by molar-refractivity contribution is 5.97. The lowest BCUT2D eigenvalue weighted by Crippen LogP contribution is -2.40. The average molecular weight is 318 g/mol. The summed E-state index contributed by atoms with van der Waals surface area (Å²) in [5.41, 5.74) is 1.72. The Kier molecular flexibility index (Phi) is 5.77. The molecule has 1 amide bonds. The summed E-state index contributed by atoms with van der Waals surface area (Å²) in [4.78, 5) is 27.6. The molecule has 1 aliphatic heterocycles. The largest absolute Gasteiger partial charge is 0.480 e. The van der Waals surface area contributed by atoms with Gasteiger partial charge in [0.05, 0.1) is 0 Å². The van der Waals surface area contributed by atoms with Crippen molar-refractivity contribution in [3.8, 4) is 0 Å². The molecule has 1 heterocycles. The molecule has 5 heteroatoms. The minimum atomic E-state index is -0.914. The highest BCUT2D eigenvalue weighted by Gasteiger charge is 2.34. The predicted octanol–water partition coefficient (Wildman–Crippen LogP) is 2.61. The second kappa shape index (κ2) is 7.59. The molecule has 0 unspecified atom stereocenters. The van der Waals surface area contributed by atoms with Crippen molar-refractivity contribution in [3.63, 3.8) is 0 Å². The Bertz CT molecular complexity index is 554. The monoisotopic (exact) mass is 318 g/mol. The maximum Gasteiger partial charge on any atom is 0.326 e. The number of aliphatic carboxylic acids is 1.